The highest BCUT2D eigenvalue weighted by Crippen LogP contribution is 2.54. The van der Waals surface area contributed by atoms with Crippen molar-refractivity contribution in [1.82, 2.24) is 5.09 Å². The smallest absolute Gasteiger partial charge is 0.146 e. The predicted molar refractivity (Wildman–Crippen MR) is 124 cm³/mol. The molecule has 0 radical (unpaired) electrons. The molecular weight excluding hydrogens is 357 g/mol. The van der Waals surface area contributed by atoms with Crippen LogP contribution in [0.15, 0.2) is 91.0 Å². The van der Waals surface area contributed by atoms with Crippen LogP contribution in [0.1, 0.15) is 37.7 Å². The summed E-state index contributed by atoms with van der Waals surface area (Å²) in [6.07, 6.45) is 9.02. The van der Waals surface area contributed by atoms with Gasteiger partial charge in [0.25, 0.3) is 0 Å². The average molecular weight is 389 g/mol. The maximum atomic E-state index is 4.28. The summed E-state index contributed by atoms with van der Waals surface area (Å²) in [6, 6.07) is 34.1. The van der Waals surface area contributed by atoms with Gasteiger partial charge in [-0.25, -0.2) is 0 Å². The standard InChI is InChI=1S/C26H31NP/c1-5-13-23(14-6-1)21-22-28(25-17-9-3-10-18-25,26-19-11-4-12-20-26)27-24-15-7-2-8-16-24/h1,3-6,9-14,17-20,24,27H,2,7-8,15-16,21-22H2/q+1. The fourth-order valence-corrected chi connectivity index (χ4v) is 8.55. The number of benzene rings is 3. The van der Waals surface area contributed by atoms with Gasteiger partial charge in [-0.1, -0.05) is 86.0 Å². The highest BCUT2D eigenvalue weighted by atomic mass is 31.2. The van der Waals surface area contributed by atoms with Gasteiger partial charge >= 0.3 is 0 Å². The largest absolute Gasteiger partial charge is 0.180 e. The summed E-state index contributed by atoms with van der Waals surface area (Å²) in [4.78, 5) is 0. The highest BCUT2D eigenvalue weighted by molar-refractivity contribution is 7.87. The summed E-state index contributed by atoms with van der Waals surface area (Å²) in [7, 11) is -1.68. The average Bonchev–Trinajstić information content (AvgIpc) is 2.79. The van der Waals surface area contributed by atoms with Gasteiger partial charge < -0.3 is 0 Å². The summed E-state index contributed by atoms with van der Waals surface area (Å²) in [5, 5.41) is 7.26. The maximum Gasteiger partial charge on any atom is 0.146 e. The third-order valence-corrected chi connectivity index (χ3v) is 10.0. The fourth-order valence-electron chi connectivity index (χ4n) is 4.47. The second kappa shape index (κ2) is 9.50. The molecule has 1 aliphatic carbocycles. The molecule has 3 aromatic carbocycles. The Balaban J connectivity index is 1.73. The molecule has 28 heavy (non-hydrogen) atoms. The molecular formula is C26H31NP+. The molecule has 1 saturated carbocycles. The van der Waals surface area contributed by atoms with E-state index in [9.17, 15) is 0 Å². The van der Waals surface area contributed by atoms with E-state index in [0.717, 1.165) is 6.42 Å². The van der Waals surface area contributed by atoms with E-state index in [4.69, 9.17) is 0 Å². The summed E-state index contributed by atoms with van der Waals surface area (Å²) in [5.41, 5.74) is 1.43. The van der Waals surface area contributed by atoms with Gasteiger partial charge in [0.2, 0.25) is 0 Å². The van der Waals surface area contributed by atoms with Gasteiger partial charge in [0.05, 0.1) is 6.16 Å². The van der Waals surface area contributed by atoms with Crippen molar-refractivity contribution in [2.75, 3.05) is 6.16 Å². The molecule has 0 unspecified atom stereocenters. The van der Waals surface area contributed by atoms with Gasteiger partial charge in [-0.2, -0.15) is 5.09 Å². The van der Waals surface area contributed by atoms with Crippen molar-refractivity contribution in [2.45, 2.75) is 44.6 Å². The monoisotopic (exact) mass is 388 g/mol. The molecule has 2 heteroatoms. The van der Waals surface area contributed by atoms with Crippen LogP contribution in [0.25, 0.3) is 0 Å². The van der Waals surface area contributed by atoms with Gasteiger partial charge in [-0.05, 0) is 42.7 Å². The Morgan fingerprint density at radius 2 is 1.14 bits per heavy atom. The molecule has 1 aliphatic rings. The molecule has 0 amide bonds. The zero-order valence-corrected chi connectivity index (χ0v) is 17.5. The summed E-state index contributed by atoms with van der Waals surface area (Å²) in [6.45, 7) is 0. The predicted octanol–water partition coefficient (Wildman–Crippen LogP) is 5.74. The molecule has 0 spiro atoms. The van der Waals surface area contributed by atoms with Crippen LogP contribution in [0.2, 0.25) is 0 Å². The third kappa shape index (κ3) is 4.54. The van der Waals surface area contributed by atoms with E-state index in [1.165, 1.54) is 54.4 Å². The minimum atomic E-state index is -1.68. The van der Waals surface area contributed by atoms with E-state index < -0.39 is 7.41 Å². The first-order valence-corrected chi connectivity index (χ1v) is 12.7. The Bertz CT molecular complexity index is 787. The van der Waals surface area contributed by atoms with Gasteiger partial charge in [0.1, 0.15) is 18.0 Å². The molecule has 1 fully saturated rings. The zero-order valence-electron chi connectivity index (χ0n) is 16.6. The van der Waals surface area contributed by atoms with E-state index in [1.807, 2.05) is 0 Å². The van der Waals surface area contributed by atoms with Crippen molar-refractivity contribution in [3.05, 3.63) is 96.6 Å². The third-order valence-electron chi connectivity index (χ3n) is 5.98. The molecule has 0 aliphatic heterocycles. The van der Waals surface area contributed by atoms with Crippen molar-refractivity contribution in [2.24, 2.45) is 0 Å². The van der Waals surface area contributed by atoms with E-state index in [-0.39, 0.29) is 0 Å². The Labute approximate surface area is 170 Å². The number of rotatable bonds is 7. The number of hydrogen-bond acceptors (Lipinski definition) is 1. The molecule has 1 N–H and O–H groups in total. The lowest BCUT2D eigenvalue weighted by Crippen LogP contribution is -2.42. The molecule has 3 aromatic rings. The Morgan fingerprint density at radius 3 is 1.68 bits per heavy atom. The van der Waals surface area contributed by atoms with E-state index >= 15 is 0 Å². The number of hydrogen-bond donors (Lipinski definition) is 1. The van der Waals surface area contributed by atoms with Crippen LogP contribution in [-0.4, -0.2) is 12.2 Å². The lowest BCUT2D eigenvalue weighted by molar-refractivity contribution is 0.420. The lowest BCUT2D eigenvalue weighted by atomic mass is 9.96. The van der Waals surface area contributed by atoms with Gasteiger partial charge in [-0.3, -0.25) is 0 Å². The first kappa shape index (κ1) is 19.4. The van der Waals surface area contributed by atoms with Gasteiger partial charge in [0.15, 0.2) is 0 Å². The van der Waals surface area contributed by atoms with Crippen molar-refractivity contribution < 1.29 is 0 Å². The van der Waals surface area contributed by atoms with E-state index in [2.05, 4.69) is 96.1 Å². The molecule has 0 atom stereocenters. The molecule has 4 rings (SSSR count). The first-order valence-electron chi connectivity index (χ1n) is 10.7. The van der Waals surface area contributed by atoms with E-state index in [0.29, 0.717) is 6.04 Å². The summed E-state index contributed by atoms with van der Waals surface area (Å²) < 4.78 is 0. The second-order valence-electron chi connectivity index (χ2n) is 7.90. The maximum absolute atomic E-state index is 4.28. The lowest BCUT2D eigenvalue weighted by Gasteiger charge is -2.33. The molecule has 0 saturated heterocycles. The van der Waals surface area contributed by atoms with Crippen LogP contribution >= 0.6 is 7.41 Å². The molecule has 0 bridgehead atoms. The fraction of sp³-hybridized carbons (Fsp3) is 0.308. The SMILES string of the molecule is c1ccc(CC[P+](NC2CCCCC2)(c2ccccc2)c2ccccc2)cc1. The molecule has 1 nitrogen and oxygen atoms in total. The van der Waals surface area contributed by atoms with E-state index in [1.54, 1.807) is 0 Å². The zero-order chi connectivity index (χ0) is 19.1. The number of nitrogens with one attached hydrogen (secondary N) is 1. The summed E-state index contributed by atoms with van der Waals surface area (Å²) >= 11 is 0. The van der Waals surface area contributed by atoms with Crippen LogP contribution in [0.5, 0.6) is 0 Å². The Morgan fingerprint density at radius 1 is 0.643 bits per heavy atom. The second-order valence-corrected chi connectivity index (χ2v) is 11.3. The van der Waals surface area contributed by atoms with Crippen molar-refractivity contribution >= 4 is 18.0 Å². The van der Waals surface area contributed by atoms with Crippen molar-refractivity contribution in [3.8, 4) is 0 Å². The van der Waals surface area contributed by atoms with Crippen molar-refractivity contribution in [3.63, 3.8) is 0 Å². The number of aryl methyl sites for hydroxylation is 1. The van der Waals surface area contributed by atoms with Crippen LogP contribution in [0.4, 0.5) is 0 Å². The summed E-state index contributed by atoms with van der Waals surface area (Å²) in [5.74, 6) is 0. The van der Waals surface area contributed by atoms with Crippen LogP contribution < -0.4 is 15.7 Å². The normalized spacial score (nSPS) is 15.4. The molecule has 0 heterocycles. The Hall–Kier alpha value is -1.95. The van der Waals surface area contributed by atoms with Crippen LogP contribution in [-0.2, 0) is 6.42 Å². The van der Waals surface area contributed by atoms with Crippen molar-refractivity contribution in [1.29, 1.82) is 0 Å². The van der Waals surface area contributed by atoms with Gasteiger partial charge in [-0.15, -0.1) is 0 Å². The molecule has 144 valence electrons. The quantitative estimate of drug-likeness (QED) is 0.509. The highest BCUT2D eigenvalue weighted by Gasteiger charge is 2.44. The molecule has 0 aromatic heterocycles. The first-order chi connectivity index (χ1) is 13.9. The van der Waals surface area contributed by atoms with Gasteiger partial charge in [0, 0.05) is 12.5 Å². The van der Waals surface area contributed by atoms with Crippen LogP contribution in [0, 0.1) is 0 Å². The minimum Gasteiger partial charge on any atom is -0.180 e. The minimum absolute atomic E-state index is 0.637. The topological polar surface area (TPSA) is 12.0 Å². The Kier molecular flexibility index (Phi) is 6.57. The van der Waals surface area contributed by atoms with Crippen LogP contribution in [0.3, 0.4) is 0 Å².